The van der Waals surface area contributed by atoms with Gasteiger partial charge in [-0.3, -0.25) is 24.5 Å². The van der Waals surface area contributed by atoms with Crippen molar-refractivity contribution in [2.24, 2.45) is 9.98 Å². The maximum Gasteiger partial charge on any atom is 0.260 e. The quantitative estimate of drug-likeness (QED) is 0.120. The molecule has 1 aromatic rings. The lowest BCUT2D eigenvalue weighted by Crippen LogP contribution is -2.32. The van der Waals surface area contributed by atoms with Crippen LogP contribution in [0.5, 0.6) is 0 Å². The molecule has 0 saturated heterocycles. The molecule has 1 atom stereocenters. The van der Waals surface area contributed by atoms with E-state index in [2.05, 4.69) is 28.4 Å². The van der Waals surface area contributed by atoms with E-state index >= 15 is 0 Å². The van der Waals surface area contributed by atoms with Crippen molar-refractivity contribution in [3.63, 3.8) is 0 Å². The third-order valence-corrected chi connectivity index (χ3v) is 4.98. The Morgan fingerprint density at radius 2 is 1.88 bits per heavy atom. The molecular formula is C27H42N4O3. The highest BCUT2D eigenvalue weighted by atomic mass is 16.5. The first kappa shape index (κ1) is 30.9. The van der Waals surface area contributed by atoms with Crippen molar-refractivity contribution < 1.29 is 14.3 Å². The summed E-state index contributed by atoms with van der Waals surface area (Å²) in [4.78, 5) is 36.2. The number of rotatable bonds is 15. The topological polar surface area (TPSA) is 74.6 Å². The van der Waals surface area contributed by atoms with E-state index in [1.165, 1.54) is 4.90 Å². The molecule has 2 amide bonds. The summed E-state index contributed by atoms with van der Waals surface area (Å²) in [5.74, 6) is -0.250. The van der Waals surface area contributed by atoms with Gasteiger partial charge < -0.3 is 9.64 Å². The van der Waals surface area contributed by atoms with Gasteiger partial charge in [-0.05, 0) is 56.9 Å². The number of imide groups is 1. The molecule has 0 bridgehead atoms. The SMILES string of the molecule is C=CC(/N=C\C(=C/C)CN=CN(CC)CCCCN(C=O)C(=O)c1ccccc1C)OC.CC. The smallest absolute Gasteiger partial charge is 0.260 e. The van der Waals surface area contributed by atoms with Crippen LogP contribution < -0.4 is 0 Å². The van der Waals surface area contributed by atoms with Crippen molar-refractivity contribution in [1.29, 1.82) is 0 Å². The average Bonchev–Trinajstić information content (AvgIpc) is 2.88. The summed E-state index contributed by atoms with van der Waals surface area (Å²) in [6, 6.07) is 7.30. The summed E-state index contributed by atoms with van der Waals surface area (Å²) >= 11 is 0. The molecular weight excluding hydrogens is 428 g/mol. The molecule has 0 saturated carbocycles. The number of unbranched alkanes of at least 4 members (excludes halogenated alkanes) is 1. The van der Waals surface area contributed by atoms with Crippen molar-refractivity contribution in [3.05, 3.63) is 59.7 Å². The third kappa shape index (κ3) is 11.7. The van der Waals surface area contributed by atoms with Crippen LogP contribution >= 0.6 is 0 Å². The van der Waals surface area contributed by atoms with Crippen molar-refractivity contribution in [2.75, 3.05) is 33.3 Å². The average molecular weight is 471 g/mol. The van der Waals surface area contributed by atoms with Gasteiger partial charge in [-0.25, -0.2) is 0 Å². The Bertz CT molecular complexity index is 818. The molecule has 0 heterocycles. The van der Waals surface area contributed by atoms with E-state index in [0.29, 0.717) is 25.1 Å². The summed E-state index contributed by atoms with van der Waals surface area (Å²) in [6.07, 6.45) is 9.03. The van der Waals surface area contributed by atoms with Gasteiger partial charge in [0.2, 0.25) is 6.41 Å². The monoisotopic (exact) mass is 470 g/mol. The zero-order valence-corrected chi connectivity index (χ0v) is 21.7. The molecule has 0 aliphatic carbocycles. The number of aliphatic imine (C=N–C) groups is 2. The van der Waals surface area contributed by atoms with Gasteiger partial charge in [0, 0.05) is 38.5 Å². The lowest BCUT2D eigenvalue weighted by molar-refractivity contribution is -0.116. The molecule has 7 heteroatoms. The highest BCUT2D eigenvalue weighted by Crippen LogP contribution is 2.10. The Morgan fingerprint density at radius 1 is 1.21 bits per heavy atom. The lowest BCUT2D eigenvalue weighted by Gasteiger charge is -2.19. The molecule has 0 N–H and O–H groups in total. The van der Waals surface area contributed by atoms with Crippen molar-refractivity contribution >= 4 is 24.9 Å². The number of aryl methyl sites for hydroxylation is 1. The van der Waals surface area contributed by atoms with Crippen LogP contribution in [0.1, 0.15) is 56.5 Å². The van der Waals surface area contributed by atoms with E-state index in [-0.39, 0.29) is 12.1 Å². The summed E-state index contributed by atoms with van der Waals surface area (Å²) in [5, 5.41) is 0. The normalized spacial score (nSPS) is 12.2. The van der Waals surface area contributed by atoms with E-state index in [1.807, 2.05) is 58.3 Å². The second-order valence-electron chi connectivity index (χ2n) is 7.21. The molecule has 0 spiro atoms. The summed E-state index contributed by atoms with van der Waals surface area (Å²) in [6.45, 7) is 16.1. The number of allylic oxidation sites excluding steroid dienone is 1. The molecule has 1 rings (SSSR count). The van der Waals surface area contributed by atoms with Gasteiger partial charge >= 0.3 is 0 Å². The second-order valence-corrected chi connectivity index (χ2v) is 7.21. The molecule has 1 unspecified atom stereocenters. The van der Waals surface area contributed by atoms with Gasteiger partial charge in [0.15, 0.2) is 6.23 Å². The Labute approximate surface area is 205 Å². The number of ether oxygens (including phenoxy) is 1. The van der Waals surface area contributed by atoms with Gasteiger partial charge in [-0.1, -0.05) is 44.7 Å². The van der Waals surface area contributed by atoms with Crippen LogP contribution in [-0.4, -0.2) is 74.2 Å². The minimum absolute atomic E-state index is 0.250. The number of hydrogen-bond acceptors (Lipinski definition) is 5. The van der Waals surface area contributed by atoms with Crippen LogP contribution in [-0.2, 0) is 9.53 Å². The Morgan fingerprint density at radius 3 is 2.44 bits per heavy atom. The fraction of sp³-hybridized carbons (Fsp3) is 0.481. The fourth-order valence-corrected chi connectivity index (χ4v) is 2.92. The third-order valence-electron chi connectivity index (χ3n) is 4.98. The van der Waals surface area contributed by atoms with Crippen molar-refractivity contribution in [1.82, 2.24) is 9.80 Å². The minimum atomic E-state index is -0.357. The predicted molar refractivity (Wildman–Crippen MR) is 143 cm³/mol. The number of benzene rings is 1. The number of hydrogen-bond donors (Lipinski definition) is 0. The zero-order valence-electron chi connectivity index (χ0n) is 21.7. The second kappa shape index (κ2) is 19.4. The molecule has 0 aromatic heterocycles. The molecule has 0 aliphatic heterocycles. The van der Waals surface area contributed by atoms with Gasteiger partial charge in [-0.15, -0.1) is 0 Å². The molecule has 1 aromatic carbocycles. The molecule has 0 radical (unpaired) electrons. The van der Waals surface area contributed by atoms with E-state index in [9.17, 15) is 9.59 Å². The first-order valence-corrected chi connectivity index (χ1v) is 11.9. The van der Waals surface area contributed by atoms with Crippen LogP contribution in [0.4, 0.5) is 0 Å². The molecule has 34 heavy (non-hydrogen) atoms. The Hall–Kier alpha value is -3.06. The van der Waals surface area contributed by atoms with Crippen LogP contribution in [0.2, 0.25) is 0 Å². The molecule has 0 aliphatic rings. The van der Waals surface area contributed by atoms with E-state index < -0.39 is 0 Å². The number of carbonyl (C=O) groups is 2. The van der Waals surface area contributed by atoms with E-state index in [4.69, 9.17) is 4.74 Å². The summed E-state index contributed by atoms with van der Waals surface area (Å²) < 4.78 is 5.14. The first-order chi connectivity index (χ1) is 16.5. The van der Waals surface area contributed by atoms with Gasteiger partial charge in [0.1, 0.15) is 0 Å². The highest BCUT2D eigenvalue weighted by Gasteiger charge is 2.16. The van der Waals surface area contributed by atoms with E-state index in [0.717, 1.165) is 37.1 Å². The lowest BCUT2D eigenvalue weighted by atomic mass is 10.1. The number of nitrogens with zero attached hydrogens (tertiary/aromatic N) is 4. The first-order valence-electron chi connectivity index (χ1n) is 11.9. The summed E-state index contributed by atoms with van der Waals surface area (Å²) in [7, 11) is 1.59. The maximum atomic E-state index is 12.6. The summed E-state index contributed by atoms with van der Waals surface area (Å²) in [5.41, 5.74) is 2.41. The molecule has 0 fully saturated rings. The molecule has 188 valence electrons. The van der Waals surface area contributed by atoms with Crippen LogP contribution in [0.3, 0.4) is 0 Å². The van der Waals surface area contributed by atoms with Gasteiger partial charge in [0.05, 0.1) is 12.9 Å². The van der Waals surface area contributed by atoms with Crippen LogP contribution in [0.15, 0.2) is 58.6 Å². The molecule has 7 nitrogen and oxygen atoms in total. The fourth-order valence-electron chi connectivity index (χ4n) is 2.92. The minimum Gasteiger partial charge on any atom is -0.363 e. The largest absolute Gasteiger partial charge is 0.363 e. The van der Waals surface area contributed by atoms with Crippen LogP contribution in [0, 0.1) is 6.92 Å². The van der Waals surface area contributed by atoms with E-state index in [1.54, 1.807) is 25.5 Å². The standard InChI is InChI=1S/C25H36N4O3.C2H6/c1-6-22(18-27-24(7-2)32-5)17-26-19-28(8-3)15-11-12-16-29(20-30)25(31)23-14-10-9-13-21(23)4;1-2/h6-7,9-10,13-14,18-20,24H,2,8,11-12,15-17H2,1,3-5H3;1-2H3/b22-6-,26-19?,27-18-;. The predicted octanol–water partition coefficient (Wildman–Crippen LogP) is 4.93. The van der Waals surface area contributed by atoms with Gasteiger partial charge in [0.25, 0.3) is 5.91 Å². The zero-order chi connectivity index (χ0) is 25.8. The highest BCUT2D eigenvalue weighted by molar-refractivity contribution is 6.00. The van der Waals surface area contributed by atoms with Crippen molar-refractivity contribution in [2.45, 2.75) is 53.7 Å². The Balaban J connectivity index is 0.00000529. The number of amides is 2. The number of methoxy groups -OCH3 is 1. The van der Waals surface area contributed by atoms with Crippen LogP contribution in [0.25, 0.3) is 0 Å². The van der Waals surface area contributed by atoms with Crippen molar-refractivity contribution in [3.8, 4) is 0 Å². The Kier molecular flexibility index (Phi) is 17.7. The van der Waals surface area contributed by atoms with Gasteiger partial charge in [-0.2, -0.15) is 0 Å². The number of carbonyl (C=O) groups excluding carboxylic acids is 2. The maximum absolute atomic E-state index is 12.6.